The first-order valence-electron chi connectivity index (χ1n) is 6.50. The predicted molar refractivity (Wildman–Crippen MR) is 70.2 cm³/mol. The van der Waals surface area contributed by atoms with Crippen molar-refractivity contribution in [1.82, 2.24) is 5.32 Å². The Kier molecular flexibility index (Phi) is 4.20. The number of phenols is 1. The van der Waals surface area contributed by atoms with Crippen LogP contribution in [0.3, 0.4) is 0 Å². The topological polar surface area (TPSA) is 75.4 Å². The molecule has 0 fully saturated rings. The number of rotatable bonds is 6. The molecule has 0 saturated heterocycles. The molecule has 0 aliphatic heterocycles. The summed E-state index contributed by atoms with van der Waals surface area (Å²) in [6.07, 6.45) is 4.37. The third-order valence-electron chi connectivity index (χ3n) is 3.45. The minimum Gasteiger partial charge on any atom is -0.508 e. The average molecular weight is 248 g/mol. The minimum atomic E-state index is -0.225. The van der Waals surface area contributed by atoms with E-state index in [1.165, 1.54) is 11.1 Å². The van der Waals surface area contributed by atoms with E-state index in [-0.39, 0.29) is 5.91 Å². The van der Waals surface area contributed by atoms with Crippen LogP contribution >= 0.6 is 0 Å². The monoisotopic (exact) mass is 248 g/mol. The van der Waals surface area contributed by atoms with Gasteiger partial charge in [0.25, 0.3) is 0 Å². The molecule has 1 aliphatic rings. The van der Waals surface area contributed by atoms with Crippen LogP contribution in [0.1, 0.15) is 42.9 Å². The van der Waals surface area contributed by atoms with Gasteiger partial charge in [0, 0.05) is 12.5 Å². The number of primary amides is 1. The second kappa shape index (κ2) is 5.87. The highest BCUT2D eigenvalue weighted by Gasteiger charge is 2.21. The van der Waals surface area contributed by atoms with E-state index in [1.807, 2.05) is 12.1 Å². The molecule has 18 heavy (non-hydrogen) atoms. The molecule has 0 saturated carbocycles. The lowest BCUT2D eigenvalue weighted by molar-refractivity contribution is -0.118. The van der Waals surface area contributed by atoms with Gasteiger partial charge in [0.15, 0.2) is 0 Å². The third kappa shape index (κ3) is 3.23. The number of aryl methyl sites for hydroxylation is 1. The van der Waals surface area contributed by atoms with Crippen molar-refractivity contribution >= 4 is 5.91 Å². The molecular formula is C14H20N2O2. The van der Waals surface area contributed by atoms with Gasteiger partial charge >= 0.3 is 0 Å². The lowest BCUT2D eigenvalue weighted by Crippen LogP contribution is -2.21. The molecule has 1 unspecified atom stereocenters. The normalized spacial score (nSPS) is 17.7. The lowest BCUT2D eigenvalue weighted by atomic mass is 10.1. The summed E-state index contributed by atoms with van der Waals surface area (Å²) >= 11 is 0. The molecule has 0 radical (unpaired) electrons. The molecule has 1 amide bonds. The molecule has 4 N–H and O–H groups in total. The Hall–Kier alpha value is -1.55. The zero-order valence-electron chi connectivity index (χ0n) is 10.5. The molecule has 98 valence electrons. The Morgan fingerprint density at radius 1 is 1.44 bits per heavy atom. The number of phenolic OH excluding ortho intramolecular Hbond substituents is 1. The van der Waals surface area contributed by atoms with Crippen LogP contribution in [0.25, 0.3) is 0 Å². The largest absolute Gasteiger partial charge is 0.508 e. The second-order valence-electron chi connectivity index (χ2n) is 4.85. The summed E-state index contributed by atoms with van der Waals surface area (Å²) < 4.78 is 0. The molecule has 2 rings (SSSR count). The van der Waals surface area contributed by atoms with Crippen LogP contribution < -0.4 is 11.1 Å². The van der Waals surface area contributed by atoms with Crippen molar-refractivity contribution in [3.05, 3.63) is 29.3 Å². The first kappa shape index (κ1) is 12.9. The van der Waals surface area contributed by atoms with Crippen molar-refractivity contribution in [1.29, 1.82) is 0 Å². The fourth-order valence-electron chi connectivity index (χ4n) is 2.52. The standard InChI is InChI=1S/C14H20N2O2/c15-14(18)3-1-2-8-16-13-7-4-10-9-11(17)5-6-12(10)13/h5-6,9,13,16-17H,1-4,7-8H2,(H2,15,18). The van der Waals surface area contributed by atoms with Crippen molar-refractivity contribution in [2.45, 2.75) is 38.1 Å². The van der Waals surface area contributed by atoms with Crippen LogP contribution in [0, 0.1) is 0 Å². The molecular weight excluding hydrogens is 228 g/mol. The van der Waals surface area contributed by atoms with Gasteiger partial charge in [0.1, 0.15) is 5.75 Å². The molecule has 1 atom stereocenters. The zero-order chi connectivity index (χ0) is 13.0. The van der Waals surface area contributed by atoms with Gasteiger partial charge < -0.3 is 16.2 Å². The average Bonchev–Trinajstić information content (AvgIpc) is 2.70. The third-order valence-corrected chi connectivity index (χ3v) is 3.45. The van der Waals surface area contributed by atoms with Crippen LogP contribution in [0.15, 0.2) is 18.2 Å². The number of nitrogens with two attached hydrogens (primary N) is 1. The number of amides is 1. The van der Waals surface area contributed by atoms with Crippen molar-refractivity contribution in [2.75, 3.05) is 6.54 Å². The maximum Gasteiger partial charge on any atom is 0.217 e. The van der Waals surface area contributed by atoms with Gasteiger partial charge in [-0.05, 0) is 55.5 Å². The zero-order valence-corrected chi connectivity index (χ0v) is 10.5. The summed E-state index contributed by atoms with van der Waals surface area (Å²) in [5.41, 5.74) is 7.63. The first-order chi connectivity index (χ1) is 8.66. The Morgan fingerprint density at radius 2 is 2.28 bits per heavy atom. The quantitative estimate of drug-likeness (QED) is 0.670. The van der Waals surface area contributed by atoms with Crippen molar-refractivity contribution in [3.8, 4) is 5.75 Å². The Morgan fingerprint density at radius 3 is 3.06 bits per heavy atom. The van der Waals surface area contributed by atoms with Gasteiger partial charge in [-0.25, -0.2) is 0 Å². The smallest absolute Gasteiger partial charge is 0.217 e. The number of nitrogens with one attached hydrogen (secondary N) is 1. The number of unbranched alkanes of at least 4 members (excludes halogenated alkanes) is 1. The molecule has 1 aromatic carbocycles. The van der Waals surface area contributed by atoms with Crippen LogP contribution in [0.5, 0.6) is 5.75 Å². The van der Waals surface area contributed by atoms with E-state index in [9.17, 15) is 9.90 Å². The molecule has 0 aromatic heterocycles. The Bertz CT molecular complexity index is 432. The molecule has 0 bridgehead atoms. The maximum atomic E-state index is 10.6. The van der Waals surface area contributed by atoms with Crippen LogP contribution in [-0.2, 0) is 11.2 Å². The summed E-state index contributed by atoms with van der Waals surface area (Å²) in [6, 6.07) is 5.98. The number of carbonyl (C=O) groups excluding carboxylic acids is 1. The highest BCUT2D eigenvalue weighted by atomic mass is 16.3. The van der Waals surface area contributed by atoms with Crippen LogP contribution in [-0.4, -0.2) is 17.6 Å². The van der Waals surface area contributed by atoms with Gasteiger partial charge in [-0.1, -0.05) is 6.07 Å². The molecule has 0 spiro atoms. The van der Waals surface area contributed by atoms with E-state index in [0.29, 0.717) is 18.2 Å². The summed E-state index contributed by atoms with van der Waals surface area (Å²) in [5, 5.41) is 12.9. The van der Waals surface area contributed by atoms with E-state index in [1.54, 1.807) is 6.07 Å². The fourth-order valence-corrected chi connectivity index (χ4v) is 2.52. The van der Waals surface area contributed by atoms with Crippen molar-refractivity contribution < 1.29 is 9.90 Å². The van der Waals surface area contributed by atoms with Crippen molar-refractivity contribution in [3.63, 3.8) is 0 Å². The van der Waals surface area contributed by atoms with E-state index in [0.717, 1.165) is 32.2 Å². The SMILES string of the molecule is NC(=O)CCCCNC1CCc2cc(O)ccc21. The molecule has 0 heterocycles. The van der Waals surface area contributed by atoms with Gasteiger partial charge in [0.05, 0.1) is 0 Å². The summed E-state index contributed by atoms with van der Waals surface area (Å²) in [5.74, 6) is 0.118. The van der Waals surface area contributed by atoms with Gasteiger partial charge in [0.2, 0.25) is 5.91 Å². The maximum absolute atomic E-state index is 10.6. The predicted octanol–water partition coefficient (Wildman–Crippen LogP) is 1.62. The van der Waals surface area contributed by atoms with E-state index < -0.39 is 0 Å². The van der Waals surface area contributed by atoms with Gasteiger partial charge in [-0.2, -0.15) is 0 Å². The number of aromatic hydroxyl groups is 1. The fraction of sp³-hybridized carbons (Fsp3) is 0.500. The Labute approximate surface area is 107 Å². The van der Waals surface area contributed by atoms with E-state index >= 15 is 0 Å². The molecule has 4 heteroatoms. The lowest BCUT2D eigenvalue weighted by Gasteiger charge is -2.13. The minimum absolute atomic E-state index is 0.225. The van der Waals surface area contributed by atoms with Crippen LogP contribution in [0.4, 0.5) is 0 Å². The summed E-state index contributed by atoms with van der Waals surface area (Å²) in [7, 11) is 0. The number of benzene rings is 1. The van der Waals surface area contributed by atoms with E-state index in [4.69, 9.17) is 5.73 Å². The van der Waals surface area contributed by atoms with Crippen LogP contribution in [0.2, 0.25) is 0 Å². The van der Waals surface area contributed by atoms with Gasteiger partial charge in [-0.15, -0.1) is 0 Å². The van der Waals surface area contributed by atoms with Gasteiger partial charge in [-0.3, -0.25) is 4.79 Å². The Balaban J connectivity index is 1.78. The molecule has 1 aromatic rings. The number of carbonyl (C=O) groups is 1. The molecule has 4 nitrogen and oxygen atoms in total. The second-order valence-corrected chi connectivity index (χ2v) is 4.85. The number of hydrogen-bond donors (Lipinski definition) is 3. The summed E-state index contributed by atoms with van der Waals surface area (Å²) in [6.45, 7) is 0.901. The van der Waals surface area contributed by atoms with Crippen molar-refractivity contribution in [2.24, 2.45) is 5.73 Å². The highest BCUT2D eigenvalue weighted by molar-refractivity contribution is 5.73. The summed E-state index contributed by atoms with van der Waals surface area (Å²) in [4.78, 5) is 10.6. The number of hydrogen-bond acceptors (Lipinski definition) is 3. The van der Waals surface area contributed by atoms with E-state index in [2.05, 4.69) is 5.32 Å². The molecule has 1 aliphatic carbocycles. The highest BCUT2D eigenvalue weighted by Crippen LogP contribution is 2.33. The number of fused-ring (bicyclic) bond motifs is 1. The first-order valence-corrected chi connectivity index (χ1v) is 6.50.